The van der Waals surface area contributed by atoms with Gasteiger partial charge in [-0.3, -0.25) is 4.79 Å². The molecule has 0 fully saturated rings. The molecule has 0 amide bonds. The van der Waals surface area contributed by atoms with Crippen LogP contribution in [0.5, 0.6) is 5.75 Å². The van der Waals surface area contributed by atoms with Crippen molar-refractivity contribution >= 4 is 13.7 Å². The number of carbonyl (C=O) groups excluding carboxylic acids is 1. The minimum Gasteiger partial charge on any atom is -0.537 e. The van der Waals surface area contributed by atoms with Crippen LogP contribution in [0.15, 0.2) is 24.3 Å². The third-order valence-corrected chi connectivity index (χ3v) is 1.66. The number of ether oxygens (including phenoxy) is 1. The first-order valence-corrected chi connectivity index (χ1v) is 4.04. The molecule has 0 aliphatic carbocycles. The van der Waals surface area contributed by atoms with Gasteiger partial charge in [-0.15, -0.1) is 0 Å². The summed E-state index contributed by atoms with van der Waals surface area (Å²) in [6.45, 7) is 0. The summed E-state index contributed by atoms with van der Waals surface area (Å²) in [6.07, 6.45) is 0.194. The van der Waals surface area contributed by atoms with Crippen molar-refractivity contribution in [2.24, 2.45) is 0 Å². The van der Waals surface area contributed by atoms with Gasteiger partial charge in [-0.1, -0.05) is 12.1 Å². The number of carbonyl (C=O) groups is 1. The lowest BCUT2D eigenvalue weighted by atomic mass is 10.1. The SMILES string of the molecule is COC(=O)Cc1cccc(O[B]O)c1. The van der Waals surface area contributed by atoms with Crippen LogP contribution in [0, 0.1) is 0 Å². The van der Waals surface area contributed by atoms with E-state index in [9.17, 15) is 4.79 Å². The van der Waals surface area contributed by atoms with E-state index in [1.165, 1.54) is 7.11 Å². The molecule has 0 aliphatic heterocycles. The predicted octanol–water partition coefficient (Wildman–Crippen LogP) is 0.307. The van der Waals surface area contributed by atoms with Gasteiger partial charge in [-0.25, -0.2) is 0 Å². The Balaban J connectivity index is 2.68. The fourth-order valence-corrected chi connectivity index (χ4v) is 1.03. The van der Waals surface area contributed by atoms with E-state index in [-0.39, 0.29) is 12.4 Å². The number of hydrogen-bond donors (Lipinski definition) is 1. The van der Waals surface area contributed by atoms with Crippen molar-refractivity contribution in [1.29, 1.82) is 0 Å². The zero-order chi connectivity index (χ0) is 10.4. The monoisotopic (exact) mass is 193 g/mol. The average molecular weight is 193 g/mol. The molecule has 0 aromatic heterocycles. The summed E-state index contributed by atoms with van der Waals surface area (Å²) in [4.78, 5) is 10.9. The van der Waals surface area contributed by atoms with Gasteiger partial charge in [0.1, 0.15) is 5.75 Å². The topological polar surface area (TPSA) is 55.8 Å². The highest BCUT2D eigenvalue weighted by molar-refractivity contribution is 6.17. The second-order valence-corrected chi connectivity index (χ2v) is 2.62. The molecule has 5 heteroatoms. The van der Waals surface area contributed by atoms with Gasteiger partial charge in [-0.05, 0) is 17.7 Å². The lowest BCUT2D eigenvalue weighted by molar-refractivity contribution is -0.139. The van der Waals surface area contributed by atoms with Crippen LogP contribution in [-0.2, 0) is 16.0 Å². The third-order valence-electron chi connectivity index (χ3n) is 1.66. The van der Waals surface area contributed by atoms with Crippen LogP contribution in [0.3, 0.4) is 0 Å². The van der Waals surface area contributed by atoms with E-state index >= 15 is 0 Å². The Kier molecular flexibility index (Phi) is 4.00. The summed E-state index contributed by atoms with van der Waals surface area (Å²) in [5, 5.41) is 8.40. The van der Waals surface area contributed by atoms with Crippen LogP contribution in [-0.4, -0.2) is 25.8 Å². The number of hydrogen-bond acceptors (Lipinski definition) is 4. The van der Waals surface area contributed by atoms with Gasteiger partial charge in [0.2, 0.25) is 0 Å². The summed E-state index contributed by atoms with van der Waals surface area (Å²) in [5.41, 5.74) is 0.774. The normalized spacial score (nSPS) is 9.29. The number of methoxy groups -OCH3 is 1. The van der Waals surface area contributed by atoms with Crippen molar-refractivity contribution in [2.45, 2.75) is 6.42 Å². The van der Waals surface area contributed by atoms with Gasteiger partial charge in [0.05, 0.1) is 13.5 Å². The van der Waals surface area contributed by atoms with Crippen molar-refractivity contribution in [1.82, 2.24) is 0 Å². The Hall–Kier alpha value is -1.49. The number of benzene rings is 1. The Morgan fingerprint density at radius 2 is 2.36 bits per heavy atom. The molecule has 1 aromatic carbocycles. The Morgan fingerprint density at radius 3 is 3.00 bits per heavy atom. The maximum atomic E-state index is 10.9. The summed E-state index contributed by atoms with van der Waals surface area (Å²) in [6, 6.07) is 6.84. The molecule has 73 valence electrons. The molecular weight excluding hydrogens is 183 g/mol. The third kappa shape index (κ3) is 3.10. The van der Waals surface area contributed by atoms with Crippen LogP contribution in [0.1, 0.15) is 5.56 Å². The molecule has 0 unspecified atom stereocenters. The smallest absolute Gasteiger partial charge is 0.537 e. The van der Waals surface area contributed by atoms with E-state index in [1.54, 1.807) is 24.3 Å². The Bertz CT molecular complexity index is 313. The fraction of sp³-hybridized carbons (Fsp3) is 0.222. The van der Waals surface area contributed by atoms with Crippen molar-refractivity contribution in [3.63, 3.8) is 0 Å². The van der Waals surface area contributed by atoms with Gasteiger partial charge in [-0.2, -0.15) is 0 Å². The van der Waals surface area contributed by atoms with Crippen LogP contribution >= 0.6 is 0 Å². The van der Waals surface area contributed by atoms with Gasteiger partial charge in [0.15, 0.2) is 0 Å². The summed E-state index contributed by atoms with van der Waals surface area (Å²) in [5.74, 6) is 0.170. The first-order valence-electron chi connectivity index (χ1n) is 4.04. The molecule has 0 saturated heterocycles. The summed E-state index contributed by atoms with van der Waals surface area (Å²) < 4.78 is 9.26. The Morgan fingerprint density at radius 1 is 1.57 bits per heavy atom. The highest BCUT2D eigenvalue weighted by Gasteiger charge is 2.03. The quantitative estimate of drug-likeness (QED) is 0.552. The first-order chi connectivity index (χ1) is 6.76. The molecule has 1 aromatic rings. The molecule has 1 radical (unpaired) electrons. The molecule has 0 heterocycles. The highest BCUT2D eigenvalue weighted by atomic mass is 16.5. The molecular formula is C9H10BO4. The van der Waals surface area contributed by atoms with Gasteiger partial charge in [0, 0.05) is 0 Å². The van der Waals surface area contributed by atoms with E-state index in [4.69, 9.17) is 9.68 Å². The molecule has 0 saturated carbocycles. The van der Waals surface area contributed by atoms with Crippen molar-refractivity contribution in [2.75, 3.05) is 7.11 Å². The number of rotatable bonds is 4. The van der Waals surface area contributed by atoms with E-state index < -0.39 is 0 Å². The largest absolute Gasteiger partial charge is 0.569 e. The maximum Gasteiger partial charge on any atom is 0.569 e. The zero-order valence-corrected chi connectivity index (χ0v) is 7.77. The summed E-state index contributed by atoms with van der Waals surface area (Å²) in [7, 11) is 1.93. The second kappa shape index (κ2) is 5.29. The molecule has 14 heavy (non-hydrogen) atoms. The number of esters is 1. The predicted molar refractivity (Wildman–Crippen MR) is 50.8 cm³/mol. The van der Waals surface area contributed by atoms with Crippen LogP contribution < -0.4 is 4.65 Å². The Labute approximate surface area is 82.8 Å². The molecule has 0 aliphatic rings. The van der Waals surface area contributed by atoms with E-state index in [1.807, 2.05) is 0 Å². The molecule has 0 bridgehead atoms. The van der Waals surface area contributed by atoms with Crippen molar-refractivity contribution in [3.05, 3.63) is 29.8 Å². The lowest BCUT2D eigenvalue weighted by Gasteiger charge is -2.04. The van der Waals surface area contributed by atoms with E-state index in [0.29, 0.717) is 13.4 Å². The molecule has 0 spiro atoms. The van der Waals surface area contributed by atoms with Crippen LogP contribution in [0.2, 0.25) is 0 Å². The minimum absolute atomic E-state index is 0.194. The van der Waals surface area contributed by atoms with E-state index in [2.05, 4.69) is 4.74 Å². The van der Waals surface area contributed by atoms with Crippen LogP contribution in [0.25, 0.3) is 0 Å². The van der Waals surface area contributed by atoms with Gasteiger partial charge >= 0.3 is 13.7 Å². The van der Waals surface area contributed by atoms with Crippen molar-refractivity contribution < 1.29 is 19.2 Å². The minimum atomic E-state index is -0.310. The zero-order valence-electron chi connectivity index (χ0n) is 7.77. The maximum absolute atomic E-state index is 10.9. The van der Waals surface area contributed by atoms with E-state index in [0.717, 1.165) is 5.56 Å². The van der Waals surface area contributed by atoms with Crippen LogP contribution in [0.4, 0.5) is 0 Å². The fourth-order valence-electron chi connectivity index (χ4n) is 1.03. The van der Waals surface area contributed by atoms with Gasteiger partial charge in [0.25, 0.3) is 0 Å². The van der Waals surface area contributed by atoms with Crippen molar-refractivity contribution in [3.8, 4) is 5.75 Å². The lowest BCUT2D eigenvalue weighted by Crippen LogP contribution is -2.05. The average Bonchev–Trinajstić information content (AvgIpc) is 2.19. The highest BCUT2D eigenvalue weighted by Crippen LogP contribution is 2.13. The summed E-state index contributed by atoms with van der Waals surface area (Å²) >= 11 is 0. The second-order valence-electron chi connectivity index (χ2n) is 2.62. The first kappa shape index (κ1) is 10.6. The molecule has 4 nitrogen and oxygen atoms in total. The van der Waals surface area contributed by atoms with Gasteiger partial charge < -0.3 is 14.4 Å². The standard InChI is InChI=1S/C9H10BO4/c1-13-9(11)6-7-3-2-4-8(5-7)14-10-12/h2-5,12H,6H2,1H3. The molecule has 1 rings (SSSR count). The molecule has 0 atom stereocenters. The molecule has 1 N–H and O–H groups in total.